The fourth-order valence-electron chi connectivity index (χ4n) is 3.23. The van der Waals surface area contributed by atoms with Crippen molar-refractivity contribution in [3.63, 3.8) is 0 Å². The van der Waals surface area contributed by atoms with Gasteiger partial charge in [-0.25, -0.2) is 0 Å². The van der Waals surface area contributed by atoms with E-state index in [9.17, 15) is 0 Å². The van der Waals surface area contributed by atoms with Gasteiger partial charge in [-0.3, -0.25) is 0 Å². The van der Waals surface area contributed by atoms with Crippen LogP contribution in [-0.2, 0) is 11.2 Å². The predicted octanol–water partition coefficient (Wildman–Crippen LogP) is 6.77. The zero-order valence-corrected chi connectivity index (χ0v) is 16.5. The number of rotatable bonds is 9. The Kier molecular flexibility index (Phi) is 10.1. The highest BCUT2D eigenvalue weighted by Gasteiger charge is 2.33. The summed E-state index contributed by atoms with van der Waals surface area (Å²) in [5.74, 6) is 0. The largest absolute Gasteiger partial charge is 0.384 e. The third-order valence-corrected chi connectivity index (χ3v) is 4.90. The lowest BCUT2D eigenvalue weighted by atomic mass is 9.68. The second-order valence-corrected chi connectivity index (χ2v) is 7.06. The van der Waals surface area contributed by atoms with Gasteiger partial charge in [0.25, 0.3) is 0 Å². The Morgan fingerprint density at radius 3 is 1.91 bits per heavy atom. The molecule has 23 heavy (non-hydrogen) atoms. The highest BCUT2D eigenvalue weighted by Crippen LogP contribution is 2.41. The molecule has 1 nitrogen and oxygen atoms in total. The van der Waals surface area contributed by atoms with Crippen molar-refractivity contribution in [2.45, 2.75) is 67.2 Å². The molecule has 1 rings (SSSR count). The maximum atomic E-state index is 5.46. The van der Waals surface area contributed by atoms with Crippen molar-refractivity contribution in [2.75, 3.05) is 13.7 Å². The monoisotopic (exact) mass is 318 g/mol. The minimum Gasteiger partial charge on any atom is -0.384 e. The van der Waals surface area contributed by atoms with Gasteiger partial charge in [0.05, 0.1) is 6.61 Å². The summed E-state index contributed by atoms with van der Waals surface area (Å²) in [6.07, 6.45) is 6.57. The molecule has 0 aliphatic rings. The van der Waals surface area contributed by atoms with E-state index in [0.29, 0.717) is 5.41 Å². The molecule has 0 N–H and O–H groups in total. The van der Waals surface area contributed by atoms with Crippen LogP contribution in [0.2, 0.25) is 0 Å². The third kappa shape index (κ3) is 7.35. The van der Waals surface area contributed by atoms with Crippen LogP contribution >= 0.6 is 0 Å². The van der Waals surface area contributed by atoms with Gasteiger partial charge in [0.2, 0.25) is 0 Å². The fraction of sp³-hybridized carbons (Fsp3) is 0.636. The van der Waals surface area contributed by atoms with Gasteiger partial charge in [-0.05, 0) is 41.2 Å². The summed E-state index contributed by atoms with van der Waals surface area (Å²) in [7, 11) is 1.81. The maximum Gasteiger partial charge on any atom is 0.0516 e. The van der Waals surface area contributed by atoms with Gasteiger partial charge in [-0.1, -0.05) is 84.9 Å². The average molecular weight is 319 g/mol. The summed E-state index contributed by atoms with van der Waals surface area (Å²) in [4.78, 5) is 0. The first-order valence-corrected chi connectivity index (χ1v) is 9.10. The lowest BCUT2D eigenvalue weighted by Gasteiger charge is -2.38. The van der Waals surface area contributed by atoms with E-state index in [1.165, 1.54) is 24.0 Å². The quantitative estimate of drug-likeness (QED) is 0.488. The Morgan fingerprint density at radius 2 is 1.52 bits per heavy atom. The van der Waals surface area contributed by atoms with Crippen LogP contribution in [0.4, 0.5) is 0 Å². The molecule has 0 aliphatic carbocycles. The molecule has 2 atom stereocenters. The normalized spacial score (nSPS) is 15.8. The van der Waals surface area contributed by atoms with E-state index < -0.39 is 0 Å². The van der Waals surface area contributed by atoms with Crippen LogP contribution < -0.4 is 0 Å². The van der Waals surface area contributed by atoms with E-state index in [1.807, 2.05) is 27.0 Å². The first kappa shape index (κ1) is 21.9. The maximum absolute atomic E-state index is 5.46. The SMILES string of the molecule is C=Cc1ccc(CC(C)(CC)CC(C)(CC)COC)cc1.CC. The molecule has 0 amide bonds. The van der Waals surface area contributed by atoms with Gasteiger partial charge >= 0.3 is 0 Å². The Labute approximate surface area is 145 Å². The van der Waals surface area contributed by atoms with Crippen LogP contribution in [-0.4, -0.2) is 13.7 Å². The smallest absolute Gasteiger partial charge is 0.0516 e. The standard InChI is InChI=1S/C20H32O.C2H6/c1-7-17-10-12-18(13-11-17)14-19(4,8-2)15-20(5,9-3)16-21-6;1-2/h7,10-13H,1,8-9,14-16H2,2-6H3;1-2H3. The first-order chi connectivity index (χ1) is 10.9. The van der Waals surface area contributed by atoms with Crippen LogP contribution in [0.3, 0.4) is 0 Å². The van der Waals surface area contributed by atoms with Gasteiger partial charge in [0.15, 0.2) is 0 Å². The summed E-state index contributed by atoms with van der Waals surface area (Å²) in [6, 6.07) is 8.80. The molecular formula is C22H38O. The lowest BCUT2D eigenvalue weighted by Crippen LogP contribution is -2.32. The molecule has 0 aliphatic heterocycles. The van der Waals surface area contributed by atoms with Crippen molar-refractivity contribution in [1.82, 2.24) is 0 Å². The number of benzene rings is 1. The molecular weight excluding hydrogens is 280 g/mol. The van der Waals surface area contributed by atoms with Crippen molar-refractivity contribution >= 4 is 6.08 Å². The van der Waals surface area contributed by atoms with E-state index in [4.69, 9.17) is 4.74 Å². The summed E-state index contributed by atoms with van der Waals surface area (Å²) in [5, 5.41) is 0. The van der Waals surface area contributed by atoms with Crippen molar-refractivity contribution in [1.29, 1.82) is 0 Å². The van der Waals surface area contributed by atoms with E-state index >= 15 is 0 Å². The topological polar surface area (TPSA) is 9.23 Å². The molecule has 2 unspecified atom stereocenters. The zero-order chi connectivity index (χ0) is 17.9. The number of methoxy groups -OCH3 is 1. The second kappa shape index (κ2) is 10.6. The molecule has 0 spiro atoms. The highest BCUT2D eigenvalue weighted by molar-refractivity contribution is 5.47. The second-order valence-electron chi connectivity index (χ2n) is 7.06. The molecule has 132 valence electrons. The van der Waals surface area contributed by atoms with E-state index in [2.05, 4.69) is 58.5 Å². The van der Waals surface area contributed by atoms with Gasteiger partial charge in [0, 0.05) is 7.11 Å². The predicted molar refractivity (Wildman–Crippen MR) is 105 cm³/mol. The molecule has 0 saturated carbocycles. The van der Waals surface area contributed by atoms with Gasteiger partial charge in [-0.15, -0.1) is 0 Å². The van der Waals surface area contributed by atoms with Crippen molar-refractivity contribution in [3.8, 4) is 0 Å². The van der Waals surface area contributed by atoms with E-state index in [1.54, 1.807) is 0 Å². The lowest BCUT2D eigenvalue weighted by molar-refractivity contribution is 0.0452. The average Bonchev–Trinajstić information content (AvgIpc) is 2.57. The van der Waals surface area contributed by atoms with E-state index in [-0.39, 0.29) is 5.41 Å². The first-order valence-electron chi connectivity index (χ1n) is 9.10. The van der Waals surface area contributed by atoms with Crippen LogP contribution in [0.25, 0.3) is 6.08 Å². The van der Waals surface area contributed by atoms with Gasteiger partial charge in [-0.2, -0.15) is 0 Å². The molecule has 1 aromatic carbocycles. The molecule has 1 aromatic rings. The van der Waals surface area contributed by atoms with Crippen LogP contribution in [0.5, 0.6) is 0 Å². The van der Waals surface area contributed by atoms with Crippen LogP contribution in [0.15, 0.2) is 30.8 Å². The Bertz CT molecular complexity index is 434. The molecule has 0 aromatic heterocycles. The molecule has 0 radical (unpaired) electrons. The summed E-state index contributed by atoms with van der Waals surface area (Å²) in [6.45, 7) is 18.0. The highest BCUT2D eigenvalue weighted by atomic mass is 16.5. The van der Waals surface area contributed by atoms with Crippen molar-refractivity contribution in [3.05, 3.63) is 42.0 Å². The number of hydrogen-bond donors (Lipinski definition) is 0. The van der Waals surface area contributed by atoms with E-state index in [0.717, 1.165) is 19.4 Å². The Balaban J connectivity index is 0.00000232. The fourth-order valence-corrected chi connectivity index (χ4v) is 3.23. The Hall–Kier alpha value is -1.08. The number of ether oxygens (including phenoxy) is 1. The molecule has 1 heteroatoms. The summed E-state index contributed by atoms with van der Waals surface area (Å²) in [5.41, 5.74) is 3.19. The van der Waals surface area contributed by atoms with Crippen LogP contribution in [0.1, 0.15) is 71.9 Å². The Morgan fingerprint density at radius 1 is 1.00 bits per heavy atom. The third-order valence-electron chi connectivity index (χ3n) is 4.90. The summed E-state index contributed by atoms with van der Waals surface area (Å²) < 4.78 is 5.46. The minimum atomic E-state index is 0.264. The van der Waals surface area contributed by atoms with Crippen LogP contribution in [0, 0.1) is 10.8 Å². The summed E-state index contributed by atoms with van der Waals surface area (Å²) >= 11 is 0. The molecule has 0 bridgehead atoms. The van der Waals surface area contributed by atoms with Crippen molar-refractivity contribution in [2.24, 2.45) is 10.8 Å². The van der Waals surface area contributed by atoms with Gasteiger partial charge in [0.1, 0.15) is 0 Å². The number of hydrogen-bond acceptors (Lipinski definition) is 1. The van der Waals surface area contributed by atoms with Crippen molar-refractivity contribution < 1.29 is 4.74 Å². The molecule has 0 heterocycles. The molecule has 0 saturated heterocycles. The minimum absolute atomic E-state index is 0.264. The molecule has 0 fully saturated rings. The van der Waals surface area contributed by atoms with Gasteiger partial charge < -0.3 is 4.74 Å². The zero-order valence-electron chi connectivity index (χ0n) is 16.5.